The van der Waals surface area contributed by atoms with Gasteiger partial charge in [0.1, 0.15) is 6.04 Å². The molecule has 28 heavy (non-hydrogen) atoms. The number of carbonyl (C=O) groups excluding carboxylic acids is 3. The number of carbonyl (C=O) groups is 3. The Morgan fingerprint density at radius 2 is 1.86 bits per heavy atom. The highest BCUT2D eigenvalue weighted by Crippen LogP contribution is 2.20. The summed E-state index contributed by atoms with van der Waals surface area (Å²) in [6, 6.07) is 7.07. The number of aromatic nitrogens is 1. The van der Waals surface area contributed by atoms with Crippen LogP contribution < -0.4 is 10.6 Å². The molecular weight excluding hydrogens is 358 g/mol. The van der Waals surface area contributed by atoms with Crippen LogP contribution in [0.2, 0.25) is 0 Å². The maximum Gasteiger partial charge on any atom is 0.306 e. The Balaban J connectivity index is 2.18. The lowest BCUT2D eigenvalue weighted by atomic mass is 9.92. The summed E-state index contributed by atoms with van der Waals surface area (Å²) in [6.07, 6.45) is 2.73. The summed E-state index contributed by atoms with van der Waals surface area (Å²) in [4.78, 5) is 40.1. The molecule has 0 aliphatic heterocycles. The molecule has 2 rings (SSSR count). The summed E-state index contributed by atoms with van der Waals surface area (Å²) in [5.74, 6) is -1.34. The van der Waals surface area contributed by atoms with Crippen molar-refractivity contribution >= 4 is 28.7 Å². The number of amides is 2. The highest BCUT2D eigenvalue weighted by molar-refractivity contribution is 5.91. The third-order valence-corrected chi connectivity index (χ3v) is 4.75. The van der Waals surface area contributed by atoms with Crippen LogP contribution in [0.1, 0.15) is 32.3 Å². The molecule has 0 aliphatic carbocycles. The number of likely N-dealkylation sites (N-methyl/N-ethyl adjacent to an activating group) is 1. The number of aromatic amines is 1. The quantitative estimate of drug-likeness (QED) is 0.574. The van der Waals surface area contributed by atoms with E-state index in [0.29, 0.717) is 12.8 Å². The van der Waals surface area contributed by atoms with Gasteiger partial charge in [-0.1, -0.05) is 32.0 Å². The average Bonchev–Trinajstić information content (AvgIpc) is 3.08. The molecule has 0 fully saturated rings. The zero-order valence-electron chi connectivity index (χ0n) is 16.9. The van der Waals surface area contributed by atoms with Gasteiger partial charge in [0, 0.05) is 36.5 Å². The van der Waals surface area contributed by atoms with Crippen LogP contribution in [-0.2, 0) is 25.5 Å². The van der Waals surface area contributed by atoms with E-state index < -0.39 is 17.9 Å². The largest absolute Gasteiger partial charge is 0.469 e. The van der Waals surface area contributed by atoms with Crippen LogP contribution in [0.5, 0.6) is 0 Å². The number of ether oxygens (including phenoxy) is 1. The highest BCUT2D eigenvalue weighted by Gasteiger charge is 2.28. The third-order valence-electron chi connectivity index (χ3n) is 4.75. The Bertz CT molecular complexity index is 828. The number of methoxy groups -OCH3 is 1. The first-order chi connectivity index (χ1) is 13.3. The van der Waals surface area contributed by atoms with Crippen molar-refractivity contribution in [1.29, 1.82) is 0 Å². The number of esters is 1. The van der Waals surface area contributed by atoms with Gasteiger partial charge in [0.25, 0.3) is 0 Å². The lowest BCUT2D eigenvalue weighted by Gasteiger charge is -2.22. The SMILES string of the molecule is CNC(=O)[C@@H](Cc1c[nH]c2ccccc12)NC(=O)[C@@H](CC(=O)OC)CC(C)C. The van der Waals surface area contributed by atoms with Crippen molar-refractivity contribution in [2.45, 2.75) is 39.2 Å². The summed E-state index contributed by atoms with van der Waals surface area (Å²) < 4.78 is 4.72. The Labute approximate surface area is 165 Å². The summed E-state index contributed by atoms with van der Waals surface area (Å²) in [7, 11) is 2.84. The first-order valence-electron chi connectivity index (χ1n) is 9.49. The number of H-pyrrole nitrogens is 1. The van der Waals surface area contributed by atoms with E-state index in [2.05, 4.69) is 15.6 Å². The van der Waals surface area contributed by atoms with Crippen molar-refractivity contribution in [3.05, 3.63) is 36.0 Å². The minimum Gasteiger partial charge on any atom is -0.469 e. The minimum absolute atomic E-state index is 0.00589. The van der Waals surface area contributed by atoms with Gasteiger partial charge in [0.2, 0.25) is 11.8 Å². The minimum atomic E-state index is -0.732. The second-order valence-electron chi connectivity index (χ2n) is 7.35. The van der Waals surface area contributed by atoms with E-state index >= 15 is 0 Å². The van der Waals surface area contributed by atoms with Crippen LogP contribution in [0.4, 0.5) is 0 Å². The van der Waals surface area contributed by atoms with Gasteiger partial charge in [-0.2, -0.15) is 0 Å². The van der Waals surface area contributed by atoms with Gasteiger partial charge in [-0.3, -0.25) is 14.4 Å². The molecule has 2 atom stereocenters. The van der Waals surface area contributed by atoms with Crippen molar-refractivity contribution in [2.75, 3.05) is 14.2 Å². The zero-order valence-corrected chi connectivity index (χ0v) is 16.9. The van der Waals surface area contributed by atoms with Gasteiger partial charge in [0.05, 0.1) is 13.5 Å². The van der Waals surface area contributed by atoms with Gasteiger partial charge in [-0.15, -0.1) is 0 Å². The first kappa shape index (κ1) is 21.5. The molecule has 1 heterocycles. The molecule has 2 amide bonds. The first-order valence-corrected chi connectivity index (χ1v) is 9.49. The smallest absolute Gasteiger partial charge is 0.306 e. The molecule has 7 heteroatoms. The van der Waals surface area contributed by atoms with E-state index in [0.717, 1.165) is 16.5 Å². The summed E-state index contributed by atoms with van der Waals surface area (Å²) >= 11 is 0. The molecule has 1 aromatic heterocycles. The highest BCUT2D eigenvalue weighted by atomic mass is 16.5. The topological polar surface area (TPSA) is 100 Å². The molecule has 0 unspecified atom stereocenters. The van der Waals surface area contributed by atoms with Gasteiger partial charge < -0.3 is 20.4 Å². The predicted octanol–water partition coefficient (Wildman–Crippen LogP) is 2.17. The Morgan fingerprint density at radius 1 is 1.14 bits per heavy atom. The van der Waals surface area contributed by atoms with Gasteiger partial charge in [-0.25, -0.2) is 0 Å². The van der Waals surface area contributed by atoms with Crippen molar-refractivity contribution in [1.82, 2.24) is 15.6 Å². The van der Waals surface area contributed by atoms with Crippen LogP contribution in [0.25, 0.3) is 10.9 Å². The predicted molar refractivity (Wildman–Crippen MR) is 108 cm³/mol. The lowest BCUT2D eigenvalue weighted by molar-refractivity contribution is -0.144. The van der Waals surface area contributed by atoms with E-state index in [4.69, 9.17) is 4.74 Å². The standard InChI is InChI=1S/C21H29N3O4/c1-13(2)9-14(11-19(25)28-4)20(26)24-18(21(27)22-3)10-15-12-23-17-8-6-5-7-16(15)17/h5-8,12-14,18,23H,9-11H2,1-4H3,(H,22,27)(H,24,26)/t14-,18-/m1/s1. The van der Waals surface area contributed by atoms with E-state index in [-0.39, 0.29) is 24.2 Å². The summed E-state index contributed by atoms with van der Waals surface area (Å²) in [5, 5.41) is 6.45. The number of rotatable bonds is 9. The van der Waals surface area contributed by atoms with Gasteiger partial charge in [-0.05, 0) is 24.0 Å². The number of benzene rings is 1. The molecule has 3 N–H and O–H groups in total. The van der Waals surface area contributed by atoms with E-state index in [1.54, 1.807) is 0 Å². The molecule has 0 bridgehead atoms. The average molecular weight is 387 g/mol. The Morgan fingerprint density at radius 3 is 2.50 bits per heavy atom. The van der Waals surface area contributed by atoms with E-state index in [9.17, 15) is 14.4 Å². The normalized spacial score (nSPS) is 13.2. The monoisotopic (exact) mass is 387 g/mol. The van der Waals surface area contributed by atoms with Crippen molar-refractivity contribution in [2.24, 2.45) is 11.8 Å². The molecule has 2 aromatic rings. The molecular formula is C21H29N3O4. The second kappa shape index (κ2) is 9.92. The van der Waals surface area contributed by atoms with Gasteiger partial charge in [0.15, 0.2) is 0 Å². The lowest BCUT2D eigenvalue weighted by Crippen LogP contribution is -2.49. The number of nitrogens with one attached hydrogen (secondary N) is 3. The fraction of sp³-hybridized carbons (Fsp3) is 0.476. The number of para-hydroxylation sites is 1. The van der Waals surface area contributed by atoms with Gasteiger partial charge >= 0.3 is 5.97 Å². The number of hydrogen-bond acceptors (Lipinski definition) is 4. The van der Waals surface area contributed by atoms with Crippen LogP contribution in [0.3, 0.4) is 0 Å². The molecule has 1 aromatic carbocycles. The fourth-order valence-electron chi connectivity index (χ4n) is 3.33. The molecule has 0 saturated heterocycles. The van der Waals surface area contributed by atoms with E-state index in [1.807, 2.05) is 44.3 Å². The maximum absolute atomic E-state index is 12.8. The van der Waals surface area contributed by atoms with Crippen LogP contribution in [0.15, 0.2) is 30.5 Å². The summed E-state index contributed by atoms with van der Waals surface area (Å²) in [5.41, 5.74) is 1.92. The fourth-order valence-corrected chi connectivity index (χ4v) is 3.33. The molecule has 0 radical (unpaired) electrons. The molecule has 0 saturated carbocycles. The van der Waals surface area contributed by atoms with Crippen molar-refractivity contribution in [3.8, 4) is 0 Å². The Hall–Kier alpha value is -2.83. The summed E-state index contributed by atoms with van der Waals surface area (Å²) in [6.45, 7) is 3.97. The zero-order chi connectivity index (χ0) is 20.7. The van der Waals surface area contributed by atoms with Crippen molar-refractivity contribution < 1.29 is 19.1 Å². The van der Waals surface area contributed by atoms with Crippen LogP contribution in [-0.4, -0.2) is 43.0 Å². The van der Waals surface area contributed by atoms with Crippen LogP contribution >= 0.6 is 0 Å². The molecule has 0 aliphatic rings. The van der Waals surface area contributed by atoms with Crippen molar-refractivity contribution in [3.63, 3.8) is 0 Å². The number of fused-ring (bicyclic) bond motifs is 1. The number of hydrogen-bond donors (Lipinski definition) is 3. The second-order valence-corrected chi connectivity index (χ2v) is 7.35. The maximum atomic E-state index is 12.8. The molecule has 7 nitrogen and oxygen atoms in total. The van der Waals surface area contributed by atoms with Crippen LogP contribution in [0, 0.1) is 11.8 Å². The van der Waals surface area contributed by atoms with E-state index in [1.165, 1.54) is 14.2 Å². The molecule has 0 spiro atoms. The Kier molecular flexibility index (Phi) is 7.61. The molecule has 152 valence electrons. The third kappa shape index (κ3) is 5.58.